The van der Waals surface area contributed by atoms with E-state index in [4.69, 9.17) is 4.42 Å². The van der Waals surface area contributed by atoms with Crippen LogP contribution in [0.15, 0.2) is 85.5 Å². The zero-order valence-electron chi connectivity index (χ0n) is 14.7. The molecule has 1 N–H and O–H groups in total. The Morgan fingerprint density at radius 3 is 2.52 bits per heavy atom. The van der Waals surface area contributed by atoms with Crippen molar-refractivity contribution in [2.45, 2.75) is 4.90 Å². The highest BCUT2D eigenvalue weighted by atomic mass is 32.2. The minimum absolute atomic E-state index is 0.0489. The Hall–Kier alpha value is -3.99. The summed E-state index contributed by atoms with van der Waals surface area (Å²) in [6, 6.07) is 18.1. The van der Waals surface area contributed by atoms with E-state index in [1.54, 1.807) is 35.2 Å². The normalized spacial score (nSPS) is 15.0. The SMILES string of the molecule is O=[N+]([O-])c1ccc(/C=N\NC2=NS(=O)(=O)c3ccccc3N2c2ccccc2)o1. The van der Waals surface area contributed by atoms with Gasteiger partial charge in [-0.15, -0.1) is 4.40 Å². The molecular formula is C18H13N5O5S. The van der Waals surface area contributed by atoms with Gasteiger partial charge in [-0.25, -0.2) is 5.43 Å². The first-order valence-corrected chi connectivity index (χ1v) is 9.72. The van der Waals surface area contributed by atoms with Crippen molar-refractivity contribution in [2.24, 2.45) is 9.50 Å². The second kappa shape index (κ2) is 7.20. The average Bonchev–Trinajstić information content (AvgIpc) is 3.18. The number of sulfonamides is 1. The summed E-state index contributed by atoms with van der Waals surface area (Å²) in [5.74, 6) is -0.355. The van der Waals surface area contributed by atoms with Gasteiger partial charge in [-0.1, -0.05) is 30.3 Å². The highest BCUT2D eigenvalue weighted by Crippen LogP contribution is 2.35. The van der Waals surface area contributed by atoms with Crippen molar-refractivity contribution in [3.8, 4) is 0 Å². The van der Waals surface area contributed by atoms with Crippen molar-refractivity contribution in [3.05, 3.63) is 82.6 Å². The van der Waals surface area contributed by atoms with Crippen LogP contribution < -0.4 is 10.3 Å². The maximum atomic E-state index is 12.6. The minimum Gasteiger partial charge on any atom is -0.400 e. The fourth-order valence-electron chi connectivity index (χ4n) is 2.75. The first-order valence-electron chi connectivity index (χ1n) is 8.28. The summed E-state index contributed by atoms with van der Waals surface area (Å²) in [6.07, 6.45) is 1.19. The number of nitrogens with one attached hydrogen (secondary N) is 1. The molecule has 0 radical (unpaired) electrons. The predicted molar refractivity (Wildman–Crippen MR) is 106 cm³/mol. The van der Waals surface area contributed by atoms with Gasteiger partial charge in [-0.2, -0.15) is 13.5 Å². The Kier molecular flexibility index (Phi) is 4.56. The molecule has 0 amide bonds. The van der Waals surface area contributed by atoms with Crippen molar-refractivity contribution in [3.63, 3.8) is 0 Å². The number of furan rings is 1. The van der Waals surface area contributed by atoms with Gasteiger partial charge in [0.1, 0.15) is 9.82 Å². The molecule has 0 aliphatic carbocycles. The van der Waals surface area contributed by atoms with Crippen LogP contribution in [0, 0.1) is 10.1 Å². The van der Waals surface area contributed by atoms with Crippen molar-refractivity contribution in [1.82, 2.24) is 5.43 Å². The smallest absolute Gasteiger partial charge is 0.400 e. The number of hydrazone groups is 1. The predicted octanol–water partition coefficient (Wildman–Crippen LogP) is 3.01. The molecule has 0 fully saturated rings. The van der Waals surface area contributed by atoms with Gasteiger partial charge in [-0.05, 0) is 30.3 Å². The van der Waals surface area contributed by atoms with E-state index in [-0.39, 0.29) is 16.6 Å². The molecule has 0 saturated carbocycles. The number of guanidine groups is 1. The molecule has 146 valence electrons. The minimum atomic E-state index is -3.94. The van der Waals surface area contributed by atoms with Crippen molar-refractivity contribution in [1.29, 1.82) is 0 Å². The molecule has 3 aromatic rings. The summed E-state index contributed by atoms with van der Waals surface area (Å²) in [5.41, 5.74) is 3.68. The molecule has 0 bridgehead atoms. The number of para-hydroxylation sites is 2. The summed E-state index contributed by atoms with van der Waals surface area (Å²) in [6.45, 7) is 0. The quantitative estimate of drug-likeness (QED) is 0.397. The Bertz CT molecular complexity index is 1230. The number of nitro groups is 1. The van der Waals surface area contributed by atoms with Gasteiger partial charge in [0.25, 0.3) is 10.0 Å². The van der Waals surface area contributed by atoms with Crippen LogP contribution in [0.2, 0.25) is 0 Å². The third-order valence-electron chi connectivity index (χ3n) is 3.97. The lowest BCUT2D eigenvalue weighted by Crippen LogP contribution is -2.39. The van der Waals surface area contributed by atoms with E-state index >= 15 is 0 Å². The number of hydrogen-bond donors (Lipinski definition) is 1. The molecule has 1 aromatic heterocycles. The Morgan fingerprint density at radius 2 is 1.79 bits per heavy atom. The van der Waals surface area contributed by atoms with Crippen LogP contribution in [-0.4, -0.2) is 25.5 Å². The standard InChI is InChI=1S/C18H13N5O5S/c24-23(25)17-11-10-14(28-17)12-19-20-18-21-29(26,27)16-9-5-4-8-15(16)22(18)13-6-2-1-3-7-13/h1-12H,(H,20,21)/b19-12-. The van der Waals surface area contributed by atoms with E-state index in [0.717, 1.165) is 0 Å². The molecule has 2 heterocycles. The van der Waals surface area contributed by atoms with Gasteiger partial charge in [0.2, 0.25) is 5.96 Å². The van der Waals surface area contributed by atoms with Gasteiger partial charge < -0.3 is 4.42 Å². The van der Waals surface area contributed by atoms with E-state index in [9.17, 15) is 18.5 Å². The van der Waals surface area contributed by atoms with Crippen molar-refractivity contribution < 1.29 is 17.8 Å². The first-order chi connectivity index (χ1) is 14.0. The molecular weight excluding hydrogens is 398 g/mol. The Morgan fingerprint density at radius 1 is 1.07 bits per heavy atom. The second-order valence-corrected chi connectivity index (χ2v) is 7.40. The molecule has 1 aliphatic heterocycles. The van der Waals surface area contributed by atoms with Gasteiger partial charge in [-0.3, -0.25) is 15.0 Å². The van der Waals surface area contributed by atoms with Crippen LogP contribution in [-0.2, 0) is 10.0 Å². The zero-order chi connectivity index (χ0) is 20.4. The summed E-state index contributed by atoms with van der Waals surface area (Å²) in [4.78, 5) is 11.7. The van der Waals surface area contributed by atoms with Crippen LogP contribution in [0.5, 0.6) is 0 Å². The number of nitrogens with zero attached hydrogens (tertiary/aromatic N) is 4. The van der Waals surface area contributed by atoms with E-state index in [1.165, 1.54) is 24.4 Å². The lowest BCUT2D eigenvalue weighted by Gasteiger charge is -2.29. The van der Waals surface area contributed by atoms with Crippen LogP contribution in [0.1, 0.15) is 5.76 Å². The molecule has 10 nitrogen and oxygen atoms in total. The maximum Gasteiger partial charge on any atom is 0.433 e. The molecule has 2 aromatic carbocycles. The topological polar surface area (TPSA) is 130 Å². The zero-order valence-corrected chi connectivity index (χ0v) is 15.5. The largest absolute Gasteiger partial charge is 0.433 e. The lowest BCUT2D eigenvalue weighted by molar-refractivity contribution is -0.402. The number of hydrogen-bond acceptors (Lipinski definition) is 8. The monoisotopic (exact) mass is 411 g/mol. The second-order valence-electron chi connectivity index (χ2n) is 5.83. The number of anilines is 2. The van der Waals surface area contributed by atoms with Crippen LogP contribution in [0.25, 0.3) is 0 Å². The van der Waals surface area contributed by atoms with Crippen molar-refractivity contribution >= 4 is 39.5 Å². The molecule has 0 saturated heterocycles. The van der Waals surface area contributed by atoms with Gasteiger partial charge in [0.15, 0.2) is 5.76 Å². The molecule has 29 heavy (non-hydrogen) atoms. The fraction of sp³-hybridized carbons (Fsp3) is 0. The Labute approximate surface area is 165 Å². The number of fused-ring (bicyclic) bond motifs is 1. The van der Waals surface area contributed by atoms with Crippen molar-refractivity contribution in [2.75, 3.05) is 4.90 Å². The van der Waals surface area contributed by atoms with E-state index in [0.29, 0.717) is 11.4 Å². The highest BCUT2D eigenvalue weighted by molar-refractivity contribution is 7.90. The average molecular weight is 411 g/mol. The fourth-order valence-corrected chi connectivity index (χ4v) is 3.87. The molecule has 0 unspecified atom stereocenters. The third-order valence-corrected chi connectivity index (χ3v) is 5.28. The molecule has 0 atom stereocenters. The van der Waals surface area contributed by atoms with Gasteiger partial charge in [0, 0.05) is 5.69 Å². The maximum absolute atomic E-state index is 12.6. The summed E-state index contributed by atoms with van der Waals surface area (Å²) in [5, 5.41) is 14.6. The Balaban J connectivity index is 1.71. The highest BCUT2D eigenvalue weighted by Gasteiger charge is 2.31. The van der Waals surface area contributed by atoms with E-state index in [1.807, 2.05) is 18.2 Å². The van der Waals surface area contributed by atoms with E-state index in [2.05, 4.69) is 14.9 Å². The summed E-state index contributed by atoms with van der Waals surface area (Å²) >= 11 is 0. The summed E-state index contributed by atoms with van der Waals surface area (Å²) in [7, 11) is -3.94. The van der Waals surface area contributed by atoms with Crippen LogP contribution >= 0.6 is 0 Å². The number of benzene rings is 2. The first kappa shape index (κ1) is 18.4. The lowest BCUT2D eigenvalue weighted by atomic mass is 10.2. The molecule has 0 spiro atoms. The number of rotatable bonds is 4. The van der Waals surface area contributed by atoms with Gasteiger partial charge >= 0.3 is 5.88 Å². The summed E-state index contributed by atoms with van der Waals surface area (Å²) < 4.78 is 34.0. The van der Waals surface area contributed by atoms with Crippen LogP contribution in [0.3, 0.4) is 0 Å². The van der Waals surface area contributed by atoms with Gasteiger partial charge in [0.05, 0.1) is 18.0 Å². The molecule has 1 aliphatic rings. The van der Waals surface area contributed by atoms with Crippen LogP contribution in [0.4, 0.5) is 17.3 Å². The van der Waals surface area contributed by atoms with E-state index < -0.39 is 20.8 Å². The third kappa shape index (κ3) is 3.58. The molecule has 11 heteroatoms. The molecule has 4 rings (SSSR count).